The van der Waals surface area contributed by atoms with Gasteiger partial charge in [-0.2, -0.15) is 0 Å². The molecule has 0 aromatic heterocycles. The lowest BCUT2D eigenvalue weighted by Gasteiger charge is -2.10. The van der Waals surface area contributed by atoms with Gasteiger partial charge in [-0.3, -0.25) is 14.9 Å². The van der Waals surface area contributed by atoms with Gasteiger partial charge < -0.3 is 10.6 Å². The van der Waals surface area contributed by atoms with Gasteiger partial charge in [-0.15, -0.1) is 11.8 Å². The number of nitrogens with one attached hydrogen (secondary N) is 3. The number of benzene rings is 2. The van der Waals surface area contributed by atoms with Crippen molar-refractivity contribution in [1.82, 2.24) is 5.32 Å². The minimum atomic E-state index is -0.552. The van der Waals surface area contributed by atoms with Crippen LogP contribution in [-0.4, -0.2) is 23.6 Å². The van der Waals surface area contributed by atoms with Crippen molar-refractivity contribution in [2.75, 3.05) is 16.4 Å². The Hall–Kier alpha value is -2.80. The molecule has 0 radical (unpaired) electrons. The lowest BCUT2D eigenvalue weighted by Crippen LogP contribution is -2.35. The molecule has 3 N–H and O–H groups in total. The molecular weight excluding hydrogens is 350 g/mol. The molecule has 7 heteroatoms. The fourth-order valence-corrected chi connectivity index (χ4v) is 2.96. The second kappa shape index (κ2) is 9.05. The van der Waals surface area contributed by atoms with Crippen LogP contribution in [0.2, 0.25) is 0 Å². The Morgan fingerprint density at radius 3 is 2.27 bits per heavy atom. The van der Waals surface area contributed by atoms with Crippen molar-refractivity contribution in [2.45, 2.75) is 25.7 Å². The molecule has 0 atom stereocenters. The van der Waals surface area contributed by atoms with Crippen LogP contribution in [-0.2, 0) is 9.59 Å². The first-order valence-electron chi connectivity index (χ1n) is 8.02. The lowest BCUT2D eigenvalue weighted by atomic mass is 10.1. The first-order valence-corrected chi connectivity index (χ1v) is 9.00. The molecule has 4 amide bonds. The van der Waals surface area contributed by atoms with Gasteiger partial charge in [0.15, 0.2) is 0 Å². The highest BCUT2D eigenvalue weighted by molar-refractivity contribution is 8.00. The van der Waals surface area contributed by atoms with Crippen molar-refractivity contribution in [3.05, 3.63) is 53.6 Å². The number of rotatable bonds is 5. The summed E-state index contributed by atoms with van der Waals surface area (Å²) in [5, 5.41) is 7.66. The van der Waals surface area contributed by atoms with E-state index in [1.165, 1.54) is 18.7 Å². The van der Waals surface area contributed by atoms with E-state index < -0.39 is 6.03 Å². The van der Waals surface area contributed by atoms with E-state index in [9.17, 15) is 14.4 Å². The predicted octanol–water partition coefficient (Wildman–Crippen LogP) is 3.70. The zero-order valence-corrected chi connectivity index (χ0v) is 15.7. The summed E-state index contributed by atoms with van der Waals surface area (Å²) < 4.78 is 0. The Balaban J connectivity index is 1.80. The minimum absolute atomic E-state index is 0.111. The average molecular weight is 371 g/mol. The van der Waals surface area contributed by atoms with Crippen LogP contribution in [0.3, 0.4) is 0 Å². The molecule has 0 spiro atoms. The molecule has 0 saturated heterocycles. The summed E-state index contributed by atoms with van der Waals surface area (Å²) in [5.74, 6) is -0.414. The van der Waals surface area contributed by atoms with E-state index in [-0.39, 0.29) is 17.6 Å². The molecule has 2 rings (SSSR count). The van der Waals surface area contributed by atoms with Crippen LogP contribution in [0.1, 0.15) is 18.1 Å². The summed E-state index contributed by atoms with van der Waals surface area (Å²) in [7, 11) is 0. The SMILES string of the molecule is CC(=O)Nc1ccc(SCC(=O)NC(=O)Nc2ccc(C)cc2C)cc1. The van der Waals surface area contributed by atoms with Gasteiger partial charge in [0, 0.05) is 23.2 Å². The van der Waals surface area contributed by atoms with Crippen molar-refractivity contribution in [3.63, 3.8) is 0 Å². The van der Waals surface area contributed by atoms with Gasteiger partial charge >= 0.3 is 6.03 Å². The van der Waals surface area contributed by atoms with Crippen LogP contribution in [0.15, 0.2) is 47.4 Å². The maximum atomic E-state index is 11.9. The quantitative estimate of drug-likeness (QED) is 0.700. The van der Waals surface area contributed by atoms with E-state index in [0.29, 0.717) is 11.4 Å². The standard InChI is InChI=1S/C19H21N3O3S/c1-12-4-9-17(13(2)10-12)21-19(25)22-18(24)11-26-16-7-5-15(6-8-16)20-14(3)23/h4-10H,11H2,1-3H3,(H,20,23)(H2,21,22,24,25). The molecule has 26 heavy (non-hydrogen) atoms. The highest BCUT2D eigenvalue weighted by atomic mass is 32.2. The molecule has 0 aliphatic heterocycles. The number of imide groups is 1. The average Bonchev–Trinajstić information content (AvgIpc) is 2.56. The van der Waals surface area contributed by atoms with Crippen molar-refractivity contribution in [3.8, 4) is 0 Å². The molecule has 0 bridgehead atoms. The summed E-state index contributed by atoms with van der Waals surface area (Å²) in [6, 6.07) is 12.2. The van der Waals surface area contributed by atoms with Gasteiger partial charge in [-0.05, 0) is 49.7 Å². The maximum Gasteiger partial charge on any atom is 0.325 e. The van der Waals surface area contributed by atoms with Gasteiger partial charge in [-0.25, -0.2) is 4.79 Å². The Kier molecular flexibility index (Phi) is 6.80. The molecule has 136 valence electrons. The number of aryl methyl sites for hydroxylation is 2. The maximum absolute atomic E-state index is 11.9. The molecule has 0 aliphatic rings. The van der Waals surface area contributed by atoms with Gasteiger partial charge in [0.25, 0.3) is 0 Å². The first-order chi connectivity index (χ1) is 12.3. The molecule has 0 aliphatic carbocycles. The van der Waals surface area contributed by atoms with Crippen molar-refractivity contribution >= 4 is 41.0 Å². The number of carbonyl (C=O) groups excluding carboxylic acids is 3. The van der Waals surface area contributed by atoms with E-state index in [1.54, 1.807) is 30.3 Å². The van der Waals surface area contributed by atoms with E-state index in [4.69, 9.17) is 0 Å². The third-order valence-corrected chi connectivity index (χ3v) is 4.44. The number of hydrogen-bond donors (Lipinski definition) is 3. The first kappa shape index (κ1) is 19.5. The molecular formula is C19H21N3O3S. The molecule has 0 saturated carbocycles. The van der Waals surface area contributed by atoms with Crippen LogP contribution in [0.5, 0.6) is 0 Å². The van der Waals surface area contributed by atoms with Gasteiger partial charge in [-0.1, -0.05) is 17.7 Å². The molecule has 6 nitrogen and oxygen atoms in total. The van der Waals surface area contributed by atoms with Crippen molar-refractivity contribution < 1.29 is 14.4 Å². The van der Waals surface area contributed by atoms with Crippen LogP contribution in [0.25, 0.3) is 0 Å². The van der Waals surface area contributed by atoms with E-state index in [2.05, 4.69) is 16.0 Å². The second-order valence-electron chi connectivity index (χ2n) is 5.81. The fourth-order valence-electron chi connectivity index (χ4n) is 2.26. The van der Waals surface area contributed by atoms with Crippen LogP contribution < -0.4 is 16.0 Å². The van der Waals surface area contributed by atoms with Crippen LogP contribution in [0.4, 0.5) is 16.2 Å². The Bertz CT molecular complexity index is 819. The summed E-state index contributed by atoms with van der Waals surface area (Å²) >= 11 is 1.30. The third kappa shape index (κ3) is 6.25. The summed E-state index contributed by atoms with van der Waals surface area (Å²) in [4.78, 5) is 35.7. The number of carbonyl (C=O) groups is 3. The van der Waals surface area contributed by atoms with E-state index >= 15 is 0 Å². The number of amides is 4. The number of hydrogen-bond acceptors (Lipinski definition) is 4. The molecule has 2 aromatic rings. The zero-order chi connectivity index (χ0) is 19.1. The van der Waals surface area contributed by atoms with Crippen molar-refractivity contribution in [2.24, 2.45) is 0 Å². The largest absolute Gasteiger partial charge is 0.326 e. The highest BCUT2D eigenvalue weighted by Crippen LogP contribution is 2.20. The lowest BCUT2D eigenvalue weighted by molar-refractivity contribution is -0.117. The summed E-state index contributed by atoms with van der Waals surface area (Å²) in [5.41, 5.74) is 3.40. The zero-order valence-electron chi connectivity index (χ0n) is 14.9. The van der Waals surface area contributed by atoms with E-state index in [1.807, 2.05) is 26.0 Å². The number of thioether (sulfide) groups is 1. The topological polar surface area (TPSA) is 87.3 Å². The van der Waals surface area contributed by atoms with Crippen molar-refractivity contribution in [1.29, 1.82) is 0 Å². The fraction of sp³-hybridized carbons (Fsp3) is 0.211. The van der Waals surface area contributed by atoms with Crippen LogP contribution in [0, 0.1) is 13.8 Å². The highest BCUT2D eigenvalue weighted by Gasteiger charge is 2.10. The summed E-state index contributed by atoms with van der Waals surface area (Å²) in [6.45, 7) is 5.31. The molecule has 2 aromatic carbocycles. The predicted molar refractivity (Wildman–Crippen MR) is 105 cm³/mol. The minimum Gasteiger partial charge on any atom is -0.326 e. The molecule has 0 fully saturated rings. The monoisotopic (exact) mass is 371 g/mol. The second-order valence-corrected chi connectivity index (χ2v) is 6.86. The van der Waals surface area contributed by atoms with Gasteiger partial charge in [0.05, 0.1) is 5.75 Å². The normalized spacial score (nSPS) is 10.1. The Labute approximate surface area is 156 Å². The Morgan fingerprint density at radius 2 is 1.65 bits per heavy atom. The molecule has 0 heterocycles. The summed E-state index contributed by atoms with van der Waals surface area (Å²) in [6.07, 6.45) is 0. The smallest absolute Gasteiger partial charge is 0.325 e. The Morgan fingerprint density at radius 1 is 0.962 bits per heavy atom. The van der Waals surface area contributed by atoms with Gasteiger partial charge in [0.2, 0.25) is 11.8 Å². The number of urea groups is 1. The van der Waals surface area contributed by atoms with Crippen LogP contribution >= 0.6 is 11.8 Å². The molecule has 0 unspecified atom stereocenters. The van der Waals surface area contributed by atoms with E-state index in [0.717, 1.165) is 16.0 Å². The van der Waals surface area contributed by atoms with Gasteiger partial charge in [0.1, 0.15) is 0 Å². The number of anilines is 2. The third-order valence-electron chi connectivity index (χ3n) is 3.43.